The smallest absolute Gasteiger partial charge is 0.119 e. The summed E-state index contributed by atoms with van der Waals surface area (Å²) in [5.41, 5.74) is 1.27. The number of aliphatic hydroxyl groups excluding tert-OH is 2. The third-order valence-corrected chi connectivity index (χ3v) is 6.14. The predicted octanol–water partition coefficient (Wildman–Crippen LogP) is 3.23. The van der Waals surface area contributed by atoms with Gasteiger partial charge in [-0.15, -0.1) is 0 Å². The molecule has 180 valence electrons. The Morgan fingerprint density at radius 2 is 1.15 bits per heavy atom. The molecule has 3 aromatic carbocycles. The molecule has 5 atom stereocenters. The summed E-state index contributed by atoms with van der Waals surface area (Å²) in [5, 5.41) is 33.1. The van der Waals surface area contributed by atoms with Gasteiger partial charge in [-0.3, -0.25) is 0 Å². The van der Waals surface area contributed by atoms with E-state index < -0.39 is 30.0 Å². The molecule has 1 aliphatic carbocycles. The summed E-state index contributed by atoms with van der Waals surface area (Å²) in [6.07, 6.45) is -4.33. The molecular weight excluding hydrogens is 432 g/mol. The molecule has 1 saturated carbocycles. The minimum Gasteiger partial charge on any atom is -0.390 e. The number of ether oxygens (including phenoxy) is 3. The van der Waals surface area contributed by atoms with Crippen molar-refractivity contribution in [3.05, 3.63) is 108 Å². The standard InChI is InChI=1S/C28H32O6/c29-24-16-28(31,20-32-17-21-10-4-1-5-11-21)27(34-19-23-14-8-3-9-15-23)26(25(24)30)33-18-22-12-6-2-7-13-22/h1-15,24-27,29-31H,16-20H2/t24-,25-,26-,27+,28+/m1/s1. The molecule has 0 heterocycles. The highest BCUT2D eigenvalue weighted by atomic mass is 16.6. The van der Waals surface area contributed by atoms with Gasteiger partial charge >= 0.3 is 0 Å². The molecule has 0 aromatic heterocycles. The largest absolute Gasteiger partial charge is 0.390 e. The number of rotatable bonds is 10. The lowest BCUT2D eigenvalue weighted by Crippen LogP contribution is -2.65. The van der Waals surface area contributed by atoms with E-state index in [1.165, 1.54) is 0 Å². The van der Waals surface area contributed by atoms with Gasteiger partial charge in [-0.1, -0.05) is 91.0 Å². The molecule has 34 heavy (non-hydrogen) atoms. The predicted molar refractivity (Wildman–Crippen MR) is 128 cm³/mol. The molecule has 0 bridgehead atoms. The zero-order valence-corrected chi connectivity index (χ0v) is 19.1. The SMILES string of the molecule is O[C@H]1[C@@H](OCc2ccccc2)[C@H](OCc2ccccc2)[C@@](O)(COCc2ccccc2)C[C@H]1O. The van der Waals surface area contributed by atoms with Gasteiger partial charge in [0.05, 0.1) is 32.5 Å². The number of benzene rings is 3. The van der Waals surface area contributed by atoms with Crippen LogP contribution in [0.25, 0.3) is 0 Å². The van der Waals surface area contributed by atoms with E-state index in [-0.39, 0.29) is 26.2 Å². The van der Waals surface area contributed by atoms with Gasteiger partial charge in [-0.25, -0.2) is 0 Å². The highest BCUT2D eigenvalue weighted by molar-refractivity contribution is 5.16. The zero-order valence-electron chi connectivity index (χ0n) is 19.1. The van der Waals surface area contributed by atoms with Crippen molar-refractivity contribution in [3.63, 3.8) is 0 Å². The van der Waals surface area contributed by atoms with E-state index >= 15 is 0 Å². The first kappa shape index (κ1) is 24.5. The van der Waals surface area contributed by atoms with Crippen LogP contribution < -0.4 is 0 Å². The molecule has 0 radical (unpaired) electrons. The summed E-state index contributed by atoms with van der Waals surface area (Å²) in [5.74, 6) is 0. The second kappa shape index (κ2) is 11.7. The third-order valence-electron chi connectivity index (χ3n) is 6.14. The van der Waals surface area contributed by atoms with Gasteiger partial charge in [0.25, 0.3) is 0 Å². The normalized spacial score (nSPS) is 26.9. The summed E-state index contributed by atoms with van der Waals surface area (Å²) in [6.45, 7) is 0.668. The lowest BCUT2D eigenvalue weighted by molar-refractivity contribution is -0.263. The van der Waals surface area contributed by atoms with Crippen LogP contribution in [0.15, 0.2) is 91.0 Å². The van der Waals surface area contributed by atoms with Crippen molar-refractivity contribution in [3.8, 4) is 0 Å². The van der Waals surface area contributed by atoms with E-state index in [9.17, 15) is 15.3 Å². The molecule has 1 aliphatic rings. The van der Waals surface area contributed by atoms with Crippen molar-refractivity contribution in [2.75, 3.05) is 6.61 Å². The lowest BCUT2D eigenvalue weighted by Gasteiger charge is -2.47. The van der Waals surface area contributed by atoms with Crippen LogP contribution in [0.2, 0.25) is 0 Å². The fourth-order valence-corrected chi connectivity index (χ4v) is 4.33. The maximum atomic E-state index is 11.6. The van der Waals surface area contributed by atoms with Crippen molar-refractivity contribution < 1.29 is 29.5 Å². The van der Waals surface area contributed by atoms with E-state index in [2.05, 4.69) is 0 Å². The van der Waals surface area contributed by atoms with Crippen LogP contribution in [0.3, 0.4) is 0 Å². The van der Waals surface area contributed by atoms with Gasteiger partial charge in [-0.05, 0) is 16.7 Å². The molecule has 6 nitrogen and oxygen atoms in total. The Bertz CT molecular complexity index is 984. The van der Waals surface area contributed by atoms with Crippen molar-refractivity contribution in [2.24, 2.45) is 0 Å². The van der Waals surface area contributed by atoms with Gasteiger partial charge in [0, 0.05) is 6.42 Å². The van der Waals surface area contributed by atoms with Crippen LogP contribution >= 0.6 is 0 Å². The second-order valence-electron chi connectivity index (χ2n) is 8.82. The molecule has 0 saturated heterocycles. The van der Waals surface area contributed by atoms with E-state index in [0.717, 1.165) is 16.7 Å². The first-order valence-electron chi connectivity index (χ1n) is 11.6. The summed E-state index contributed by atoms with van der Waals surface area (Å²) >= 11 is 0. The zero-order chi connectivity index (χ0) is 23.8. The Kier molecular flexibility index (Phi) is 8.45. The maximum Gasteiger partial charge on any atom is 0.119 e. The quantitative estimate of drug-likeness (QED) is 0.427. The van der Waals surface area contributed by atoms with Gasteiger partial charge in [0.2, 0.25) is 0 Å². The lowest BCUT2D eigenvalue weighted by atomic mass is 9.77. The van der Waals surface area contributed by atoms with Gasteiger partial charge in [0.15, 0.2) is 0 Å². The molecular formula is C28H32O6. The van der Waals surface area contributed by atoms with Crippen LogP contribution in [0, 0.1) is 0 Å². The first-order valence-corrected chi connectivity index (χ1v) is 11.6. The Morgan fingerprint density at radius 3 is 1.68 bits per heavy atom. The first-order chi connectivity index (χ1) is 16.5. The Hall–Kier alpha value is -2.58. The number of hydrogen-bond donors (Lipinski definition) is 3. The molecule has 0 amide bonds. The van der Waals surface area contributed by atoms with Crippen molar-refractivity contribution in [1.29, 1.82) is 0 Å². The Labute approximate surface area is 200 Å². The average Bonchev–Trinajstić information content (AvgIpc) is 2.86. The van der Waals surface area contributed by atoms with Crippen molar-refractivity contribution in [1.82, 2.24) is 0 Å². The summed E-state index contributed by atoms with van der Waals surface area (Å²) < 4.78 is 18.1. The van der Waals surface area contributed by atoms with E-state index in [0.29, 0.717) is 6.61 Å². The average molecular weight is 465 g/mol. The van der Waals surface area contributed by atoms with Crippen molar-refractivity contribution in [2.45, 2.75) is 56.3 Å². The summed E-state index contributed by atoms with van der Waals surface area (Å²) in [7, 11) is 0. The minimum atomic E-state index is -1.55. The van der Waals surface area contributed by atoms with E-state index in [1.54, 1.807) is 0 Å². The van der Waals surface area contributed by atoms with Crippen LogP contribution in [0.4, 0.5) is 0 Å². The van der Waals surface area contributed by atoms with E-state index in [4.69, 9.17) is 14.2 Å². The Balaban J connectivity index is 1.51. The molecule has 0 spiro atoms. The van der Waals surface area contributed by atoms with Crippen LogP contribution in [0.5, 0.6) is 0 Å². The van der Waals surface area contributed by atoms with Crippen LogP contribution in [-0.2, 0) is 34.0 Å². The highest BCUT2D eigenvalue weighted by Crippen LogP contribution is 2.35. The molecule has 0 unspecified atom stereocenters. The summed E-state index contributed by atoms with van der Waals surface area (Å²) in [6, 6.07) is 28.8. The monoisotopic (exact) mass is 464 g/mol. The van der Waals surface area contributed by atoms with Gasteiger partial charge in [0.1, 0.15) is 23.9 Å². The number of hydrogen-bond acceptors (Lipinski definition) is 6. The third kappa shape index (κ3) is 6.30. The van der Waals surface area contributed by atoms with E-state index in [1.807, 2.05) is 91.0 Å². The van der Waals surface area contributed by atoms with Crippen LogP contribution in [-0.4, -0.2) is 51.9 Å². The topological polar surface area (TPSA) is 88.4 Å². The number of aliphatic hydroxyl groups is 3. The van der Waals surface area contributed by atoms with Crippen LogP contribution in [0.1, 0.15) is 23.1 Å². The van der Waals surface area contributed by atoms with Gasteiger partial charge < -0.3 is 29.5 Å². The molecule has 4 rings (SSSR count). The fraction of sp³-hybridized carbons (Fsp3) is 0.357. The Morgan fingerprint density at radius 1 is 0.676 bits per heavy atom. The fourth-order valence-electron chi connectivity index (χ4n) is 4.33. The molecule has 1 fully saturated rings. The summed E-state index contributed by atoms with van der Waals surface area (Å²) in [4.78, 5) is 0. The second-order valence-corrected chi connectivity index (χ2v) is 8.82. The molecule has 0 aliphatic heterocycles. The highest BCUT2D eigenvalue weighted by Gasteiger charge is 2.54. The minimum absolute atomic E-state index is 0.0731. The van der Waals surface area contributed by atoms with Crippen molar-refractivity contribution >= 4 is 0 Å². The molecule has 3 aromatic rings. The maximum absolute atomic E-state index is 11.6. The van der Waals surface area contributed by atoms with Gasteiger partial charge in [-0.2, -0.15) is 0 Å². The molecule has 6 heteroatoms. The molecule has 3 N–H and O–H groups in total.